The van der Waals surface area contributed by atoms with E-state index in [2.05, 4.69) is 130 Å². The van der Waals surface area contributed by atoms with Gasteiger partial charge in [0.1, 0.15) is 0 Å². The van der Waals surface area contributed by atoms with E-state index in [0.29, 0.717) is 0 Å². The van der Waals surface area contributed by atoms with E-state index >= 15 is 0 Å². The molecule has 0 fully saturated rings. The van der Waals surface area contributed by atoms with Crippen molar-refractivity contribution in [3.8, 4) is 22.5 Å². The van der Waals surface area contributed by atoms with Crippen molar-refractivity contribution in [2.24, 2.45) is 0 Å². The van der Waals surface area contributed by atoms with Crippen LogP contribution in [-0.2, 0) is 0 Å². The van der Waals surface area contributed by atoms with Crippen LogP contribution >= 0.6 is 0 Å². The minimum Gasteiger partial charge on any atom is -0.309 e. The summed E-state index contributed by atoms with van der Waals surface area (Å²) in [5.74, 6) is 0. The molecule has 2 aromatic heterocycles. The number of para-hydroxylation sites is 2. The fourth-order valence-electron chi connectivity index (χ4n) is 6.61. The van der Waals surface area contributed by atoms with E-state index in [-0.39, 0.29) is 0 Å². The summed E-state index contributed by atoms with van der Waals surface area (Å²) in [6, 6.07) is 44.4. The Balaban J connectivity index is 1.31. The highest BCUT2D eigenvalue weighted by Gasteiger charge is 2.24. The number of nitrogens with zero attached hydrogens (tertiary/aromatic N) is 2. The first-order chi connectivity index (χ1) is 17.9. The minimum atomic E-state index is 1.18. The molecule has 36 heavy (non-hydrogen) atoms. The van der Waals surface area contributed by atoms with E-state index in [4.69, 9.17) is 0 Å². The van der Waals surface area contributed by atoms with Gasteiger partial charge in [0.05, 0.1) is 22.1 Å². The number of hydrogen-bond acceptors (Lipinski definition) is 0. The van der Waals surface area contributed by atoms with E-state index in [1.807, 2.05) is 0 Å². The molecule has 0 aliphatic heterocycles. The zero-order valence-corrected chi connectivity index (χ0v) is 19.4. The lowest BCUT2D eigenvalue weighted by Gasteiger charge is -2.13. The number of fused-ring (bicyclic) bond motifs is 4. The van der Waals surface area contributed by atoms with Crippen LogP contribution in [0.2, 0.25) is 0 Å². The smallest absolute Gasteiger partial charge is 0.0547 e. The summed E-state index contributed by atoms with van der Waals surface area (Å²) in [7, 11) is 0. The summed E-state index contributed by atoms with van der Waals surface area (Å²) in [6.45, 7) is 0. The molecule has 0 N–H and O–H groups in total. The molecule has 2 nitrogen and oxygen atoms in total. The normalized spacial score (nSPS) is 12.4. The molecule has 6 aromatic carbocycles. The first-order valence-electron chi connectivity index (χ1n) is 12.5. The monoisotopic (exact) mass is 456 g/mol. The molecule has 0 bridgehead atoms. The van der Waals surface area contributed by atoms with Gasteiger partial charge in [-0.15, -0.1) is 0 Å². The van der Waals surface area contributed by atoms with Gasteiger partial charge in [0.25, 0.3) is 0 Å². The van der Waals surface area contributed by atoms with Gasteiger partial charge < -0.3 is 9.13 Å². The lowest BCUT2D eigenvalue weighted by atomic mass is 10.0. The molecule has 9 rings (SSSR count). The van der Waals surface area contributed by atoms with Crippen molar-refractivity contribution < 1.29 is 0 Å². The third-order valence-corrected chi connectivity index (χ3v) is 8.03. The van der Waals surface area contributed by atoms with Crippen molar-refractivity contribution in [3.63, 3.8) is 0 Å². The second-order valence-corrected chi connectivity index (χ2v) is 9.78. The first kappa shape index (κ1) is 18.5. The highest BCUT2D eigenvalue weighted by Crippen LogP contribution is 2.49. The minimum absolute atomic E-state index is 1.18. The van der Waals surface area contributed by atoms with Crippen LogP contribution in [0.4, 0.5) is 0 Å². The van der Waals surface area contributed by atoms with Crippen molar-refractivity contribution in [3.05, 3.63) is 121 Å². The molecule has 1 aliphatic rings. The van der Waals surface area contributed by atoms with Gasteiger partial charge in [-0.05, 0) is 70.4 Å². The van der Waals surface area contributed by atoms with Gasteiger partial charge in [0.15, 0.2) is 0 Å². The van der Waals surface area contributed by atoms with Gasteiger partial charge in [0, 0.05) is 32.9 Å². The zero-order chi connectivity index (χ0) is 23.4. The fraction of sp³-hybridized carbons (Fsp3) is 0. The van der Waals surface area contributed by atoms with Crippen LogP contribution in [0.5, 0.6) is 0 Å². The van der Waals surface area contributed by atoms with Crippen LogP contribution in [0, 0.1) is 0 Å². The summed E-state index contributed by atoms with van der Waals surface area (Å²) in [6.07, 6.45) is 0. The molecule has 0 unspecified atom stereocenters. The molecule has 8 aromatic rings. The second-order valence-electron chi connectivity index (χ2n) is 9.78. The summed E-state index contributed by atoms with van der Waals surface area (Å²) in [5, 5.41) is 8.05. The first-order valence-corrected chi connectivity index (χ1v) is 12.5. The molecule has 0 saturated carbocycles. The lowest BCUT2D eigenvalue weighted by Crippen LogP contribution is -1.97. The van der Waals surface area contributed by atoms with Crippen LogP contribution in [0.3, 0.4) is 0 Å². The Morgan fingerprint density at radius 3 is 1.56 bits per heavy atom. The van der Waals surface area contributed by atoms with Gasteiger partial charge in [-0.1, -0.05) is 72.8 Å². The largest absolute Gasteiger partial charge is 0.309 e. The van der Waals surface area contributed by atoms with Crippen LogP contribution in [0.25, 0.3) is 76.9 Å². The maximum atomic E-state index is 2.43. The Labute approximate surface area is 207 Å². The molecule has 0 amide bonds. The SMILES string of the molecule is c1cc2c3c(c1)ccc1c3c3c-2cccc3n1-c1ccc(-n2c3ccccc3c3ccccc32)cc1. The van der Waals surface area contributed by atoms with E-state index in [9.17, 15) is 0 Å². The molecule has 2 heteroatoms. The predicted molar refractivity (Wildman–Crippen MR) is 152 cm³/mol. The Morgan fingerprint density at radius 1 is 0.333 bits per heavy atom. The third kappa shape index (κ3) is 2.14. The average Bonchev–Trinajstić information content (AvgIpc) is 3.58. The predicted octanol–water partition coefficient (Wildman–Crippen LogP) is 9.01. The average molecular weight is 457 g/mol. The van der Waals surface area contributed by atoms with E-state index in [1.54, 1.807) is 0 Å². The Kier molecular flexibility index (Phi) is 3.31. The Bertz CT molecular complexity index is 2140. The number of hydrogen-bond donors (Lipinski definition) is 0. The molecule has 0 atom stereocenters. The zero-order valence-electron chi connectivity index (χ0n) is 19.4. The molecule has 0 saturated heterocycles. The lowest BCUT2D eigenvalue weighted by molar-refractivity contribution is 1.14. The van der Waals surface area contributed by atoms with Gasteiger partial charge in [0.2, 0.25) is 0 Å². The van der Waals surface area contributed by atoms with Crippen molar-refractivity contribution in [1.29, 1.82) is 0 Å². The second kappa shape index (κ2) is 6.44. The summed E-state index contributed by atoms with van der Waals surface area (Å²) in [4.78, 5) is 0. The fourth-order valence-corrected chi connectivity index (χ4v) is 6.61. The quantitative estimate of drug-likeness (QED) is 0.246. The van der Waals surface area contributed by atoms with Gasteiger partial charge in [-0.25, -0.2) is 0 Å². The molecule has 166 valence electrons. The molecule has 1 aliphatic carbocycles. The van der Waals surface area contributed by atoms with Crippen molar-refractivity contribution >= 4 is 54.4 Å². The van der Waals surface area contributed by atoms with Gasteiger partial charge >= 0.3 is 0 Å². The molecular formula is C34H20N2. The summed E-state index contributed by atoms with van der Waals surface area (Å²) in [5.41, 5.74) is 10.1. The Hall–Kier alpha value is -4.82. The van der Waals surface area contributed by atoms with Crippen LogP contribution < -0.4 is 0 Å². The van der Waals surface area contributed by atoms with Crippen LogP contribution in [0.15, 0.2) is 121 Å². The maximum Gasteiger partial charge on any atom is 0.0547 e. The van der Waals surface area contributed by atoms with Crippen LogP contribution in [0.1, 0.15) is 0 Å². The highest BCUT2D eigenvalue weighted by molar-refractivity contribution is 6.33. The Morgan fingerprint density at radius 2 is 0.861 bits per heavy atom. The van der Waals surface area contributed by atoms with Crippen LogP contribution in [-0.4, -0.2) is 9.13 Å². The van der Waals surface area contributed by atoms with Crippen molar-refractivity contribution in [1.82, 2.24) is 9.13 Å². The third-order valence-electron chi connectivity index (χ3n) is 8.03. The van der Waals surface area contributed by atoms with Gasteiger partial charge in [-0.2, -0.15) is 0 Å². The number of benzene rings is 6. The topological polar surface area (TPSA) is 9.86 Å². The van der Waals surface area contributed by atoms with Crippen molar-refractivity contribution in [2.45, 2.75) is 0 Å². The van der Waals surface area contributed by atoms with E-state index < -0.39 is 0 Å². The molecular weight excluding hydrogens is 436 g/mol. The van der Waals surface area contributed by atoms with E-state index in [0.717, 1.165) is 0 Å². The standard InChI is InChI=1S/C34H20N2/c1-3-12-28-24(8-1)25-9-2-4-13-29(25)35(28)22-16-18-23(19-17-22)36-30-14-6-11-27-26-10-5-7-21-15-20-31(36)34(32(21)26)33(27)30/h1-20H. The molecule has 2 heterocycles. The van der Waals surface area contributed by atoms with Crippen molar-refractivity contribution in [2.75, 3.05) is 0 Å². The highest BCUT2D eigenvalue weighted by atomic mass is 15.0. The number of aromatic nitrogens is 2. The summed E-state index contributed by atoms with van der Waals surface area (Å²) < 4.78 is 4.81. The molecule has 0 radical (unpaired) electrons. The molecule has 0 spiro atoms. The maximum absolute atomic E-state index is 2.43. The van der Waals surface area contributed by atoms with Gasteiger partial charge in [-0.3, -0.25) is 0 Å². The van der Waals surface area contributed by atoms with E-state index in [1.165, 1.54) is 76.9 Å². The summed E-state index contributed by atoms with van der Waals surface area (Å²) >= 11 is 0. The number of rotatable bonds is 2.